The number of fused-ring (bicyclic) bond motifs is 1. The van der Waals surface area contributed by atoms with Crippen LogP contribution in [-0.4, -0.2) is 15.5 Å². The number of carbonyl (C=O) groups is 1. The predicted molar refractivity (Wildman–Crippen MR) is 90.7 cm³/mol. The Morgan fingerprint density at radius 2 is 2.18 bits per heavy atom. The van der Waals surface area contributed by atoms with Crippen molar-refractivity contribution >= 4 is 34.4 Å². The number of imidazole rings is 1. The molecule has 1 N–H and O–H groups in total. The molecule has 2 aromatic heterocycles. The van der Waals surface area contributed by atoms with Crippen molar-refractivity contribution in [1.29, 1.82) is 0 Å². The Bertz CT molecular complexity index is 845. The van der Waals surface area contributed by atoms with Crippen molar-refractivity contribution in [3.63, 3.8) is 0 Å². The van der Waals surface area contributed by atoms with E-state index in [0.717, 1.165) is 21.7 Å². The number of hydrogen-bond donors (Lipinski definition) is 1. The minimum atomic E-state index is -0.111. The first-order chi connectivity index (χ1) is 10.6. The molecule has 3 rings (SSSR count). The van der Waals surface area contributed by atoms with Crippen molar-refractivity contribution in [3.05, 3.63) is 58.1 Å². The van der Waals surface area contributed by atoms with Gasteiger partial charge in [-0.3, -0.25) is 4.79 Å². The zero-order valence-electron chi connectivity index (χ0n) is 12.5. The molecule has 2 heterocycles. The van der Waals surface area contributed by atoms with Crippen LogP contribution in [0.4, 0.5) is 0 Å². The molecule has 0 aliphatic heterocycles. The average molecular weight is 311 g/mol. The second-order valence-electron chi connectivity index (χ2n) is 5.09. The summed E-state index contributed by atoms with van der Waals surface area (Å²) in [5.41, 5.74) is 3.19. The monoisotopic (exact) mass is 311 g/mol. The summed E-state index contributed by atoms with van der Waals surface area (Å²) in [5.74, 6) is 0.732. The van der Waals surface area contributed by atoms with Gasteiger partial charge in [0.05, 0.1) is 17.6 Å². The number of nitrogens with one attached hydrogen (secondary N) is 1. The number of benzene rings is 1. The minimum absolute atomic E-state index is 0.111. The fourth-order valence-corrected chi connectivity index (χ4v) is 3.10. The molecule has 22 heavy (non-hydrogen) atoms. The average Bonchev–Trinajstić information content (AvgIpc) is 3.07. The summed E-state index contributed by atoms with van der Waals surface area (Å²) in [6, 6.07) is 9.98. The fourth-order valence-electron chi connectivity index (χ4n) is 2.29. The maximum absolute atomic E-state index is 11.9. The van der Waals surface area contributed by atoms with E-state index in [1.165, 1.54) is 5.56 Å². The Morgan fingerprint density at radius 1 is 1.36 bits per heavy atom. The summed E-state index contributed by atoms with van der Waals surface area (Å²) in [6.07, 6.45) is 3.42. The molecule has 0 unspecified atom stereocenters. The van der Waals surface area contributed by atoms with Gasteiger partial charge in [-0.25, -0.2) is 4.98 Å². The summed E-state index contributed by atoms with van der Waals surface area (Å²) >= 11 is 1.63. The predicted octanol–water partition coefficient (Wildman–Crippen LogP) is 3.27. The minimum Gasteiger partial charge on any atom is -0.345 e. The van der Waals surface area contributed by atoms with E-state index >= 15 is 0 Å². The SMILES string of the molecule is Cc1ccsc1/C=C/C(=O)NCc1nc2ccccc2n1C. The summed E-state index contributed by atoms with van der Waals surface area (Å²) in [5, 5.41) is 4.90. The molecule has 3 aromatic rings. The van der Waals surface area contributed by atoms with Crippen molar-refractivity contribution < 1.29 is 4.79 Å². The third kappa shape index (κ3) is 2.94. The number of para-hydroxylation sites is 2. The zero-order valence-corrected chi connectivity index (χ0v) is 13.4. The van der Waals surface area contributed by atoms with Crippen LogP contribution in [0.3, 0.4) is 0 Å². The van der Waals surface area contributed by atoms with Gasteiger partial charge in [0, 0.05) is 18.0 Å². The molecule has 0 saturated carbocycles. The molecule has 0 atom stereocenters. The van der Waals surface area contributed by atoms with E-state index in [1.807, 2.05) is 60.3 Å². The van der Waals surface area contributed by atoms with Gasteiger partial charge in [0.15, 0.2) is 0 Å². The number of amides is 1. The topological polar surface area (TPSA) is 46.9 Å². The van der Waals surface area contributed by atoms with Crippen LogP contribution in [0.25, 0.3) is 17.1 Å². The molecule has 5 heteroatoms. The Labute approximate surface area is 133 Å². The van der Waals surface area contributed by atoms with Gasteiger partial charge in [-0.15, -0.1) is 11.3 Å². The number of aromatic nitrogens is 2. The highest BCUT2D eigenvalue weighted by atomic mass is 32.1. The molecule has 0 spiro atoms. The van der Waals surface area contributed by atoms with Crippen LogP contribution < -0.4 is 5.32 Å². The van der Waals surface area contributed by atoms with Gasteiger partial charge in [0.1, 0.15) is 5.82 Å². The normalized spacial score (nSPS) is 11.4. The number of aryl methyl sites for hydroxylation is 2. The maximum Gasteiger partial charge on any atom is 0.244 e. The lowest BCUT2D eigenvalue weighted by Gasteiger charge is -2.03. The smallest absolute Gasteiger partial charge is 0.244 e. The third-order valence-corrected chi connectivity index (χ3v) is 4.57. The van der Waals surface area contributed by atoms with E-state index in [0.29, 0.717) is 6.54 Å². The first-order valence-corrected chi connectivity index (χ1v) is 7.93. The summed E-state index contributed by atoms with van der Waals surface area (Å²) < 4.78 is 2.00. The number of nitrogens with zero attached hydrogens (tertiary/aromatic N) is 2. The van der Waals surface area contributed by atoms with E-state index in [-0.39, 0.29) is 5.91 Å². The molecule has 0 bridgehead atoms. The third-order valence-electron chi connectivity index (χ3n) is 3.59. The molecule has 0 radical (unpaired) electrons. The van der Waals surface area contributed by atoms with Gasteiger partial charge in [-0.2, -0.15) is 0 Å². The van der Waals surface area contributed by atoms with Crippen LogP contribution in [0.2, 0.25) is 0 Å². The number of hydrogen-bond acceptors (Lipinski definition) is 3. The van der Waals surface area contributed by atoms with Crippen molar-refractivity contribution in [2.75, 3.05) is 0 Å². The molecule has 0 saturated heterocycles. The fraction of sp³-hybridized carbons (Fsp3) is 0.176. The van der Waals surface area contributed by atoms with Gasteiger partial charge in [0.25, 0.3) is 0 Å². The number of carbonyl (C=O) groups excluding carboxylic acids is 1. The van der Waals surface area contributed by atoms with Crippen molar-refractivity contribution in [2.24, 2.45) is 7.05 Å². The van der Waals surface area contributed by atoms with Crippen LogP contribution in [0, 0.1) is 6.92 Å². The summed E-state index contributed by atoms with van der Waals surface area (Å²) in [4.78, 5) is 17.6. The largest absolute Gasteiger partial charge is 0.345 e. The van der Waals surface area contributed by atoms with Crippen LogP contribution >= 0.6 is 11.3 Å². The maximum atomic E-state index is 11.9. The first-order valence-electron chi connectivity index (χ1n) is 7.05. The van der Waals surface area contributed by atoms with Gasteiger partial charge >= 0.3 is 0 Å². The standard InChI is InChI=1S/C17H17N3OS/c1-12-9-10-22-15(12)7-8-17(21)18-11-16-19-13-5-3-4-6-14(13)20(16)2/h3-10H,11H2,1-2H3,(H,18,21)/b8-7+. The zero-order chi connectivity index (χ0) is 15.5. The van der Waals surface area contributed by atoms with Crippen LogP contribution in [0.15, 0.2) is 41.8 Å². The summed E-state index contributed by atoms with van der Waals surface area (Å²) in [7, 11) is 1.96. The summed E-state index contributed by atoms with van der Waals surface area (Å²) in [6.45, 7) is 2.45. The molecule has 0 aliphatic carbocycles. The molecule has 4 nitrogen and oxygen atoms in total. The van der Waals surface area contributed by atoms with Crippen LogP contribution in [-0.2, 0) is 18.4 Å². The Kier molecular flexibility index (Phi) is 4.06. The Hall–Kier alpha value is -2.40. The molecule has 1 aromatic carbocycles. The quantitative estimate of drug-likeness (QED) is 0.752. The van der Waals surface area contributed by atoms with Crippen molar-refractivity contribution in [1.82, 2.24) is 14.9 Å². The highest BCUT2D eigenvalue weighted by Crippen LogP contribution is 2.17. The lowest BCUT2D eigenvalue weighted by Crippen LogP contribution is -2.22. The lowest BCUT2D eigenvalue weighted by molar-refractivity contribution is -0.116. The van der Waals surface area contributed by atoms with E-state index in [2.05, 4.69) is 10.3 Å². The van der Waals surface area contributed by atoms with Crippen LogP contribution in [0.1, 0.15) is 16.3 Å². The van der Waals surface area contributed by atoms with E-state index < -0.39 is 0 Å². The van der Waals surface area contributed by atoms with Gasteiger partial charge < -0.3 is 9.88 Å². The number of rotatable bonds is 4. The van der Waals surface area contributed by atoms with Crippen molar-refractivity contribution in [2.45, 2.75) is 13.5 Å². The molecule has 112 valence electrons. The molecular weight excluding hydrogens is 294 g/mol. The van der Waals surface area contributed by atoms with Gasteiger partial charge in [0.2, 0.25) is 5.91 Å². The first kappa shape index (κ1) is 14.5. The Balaban J connectivity index is 1.66. The molecular formula is C17H17N3OS. The Morgan fingerprint density at radius 3 is 2.91 bits per heavy atom. The second-order valence-corrected chi connectivity index (χ2v) is 6.04. The van der Waals surface area contributed by atoms with Crippen LogP contribution in [0.5, 0.6) is 0 Å². The molecule has 0 fully saturated rings. The van der Waals surface area contributed by atoms with Crippen molar-refractivity contribution in [3.8, 4) is 0 Å². The second kappa shape index (κ2) is 6.15. The highest BCUT2D eigenvalue weighted by Gasteiger charge is 2.07. The van der Waals surface area contributed by atoms with E-state index in [9.17, 15) is 4.79 Å². The highest BCUT2D eigenvalue weighted by molar-refractivity contribution is 7.11. The van der Waals surface area contributed by atoms with Gasteiger partial charge in [-0.05, 0) is 42.1 Å². The van der Waals surface area contributed by atoms with E-state index in [1.54, 1.807) is 17.4 Å². The lowest BCUT2D eigenvalue weighted by atomic mass is 10.3. The molecule has 0 aliphatic rings. The number of thiophene rings is 1. The molecule has 1 amide bonds. The van der Waals surface area contributed by atoms with E-state index in [4.69, 9.17) is 0 Å². The van der Waals surface area contributed by atoms with Gasteiger partial charge in [-0.1, -0.05) is 12.1 Å².